The van der Waals surface area contributed by atoms with Gasteiger partial charge in [-0.3, -0.25) is 0 Å². The van der Waals surface area contributed by atoms with Crippen molar-refractivity contribution < 1.29 is 0 Å². The standard InChI is InChI=1S/C11H11ClN2/c12-10-9-6-1-2-7-14(9)11(13-10)8-4-3-5-8/h1-2,6-8H,3-5H2. The summed E-state index contributed by atoms with van der Waals surface area (Å²) in [6.45, 7) is 0. The van der Waals surface area contributed by atoms with E-state index in [4.69, 9.17) is 11.6 Å². The normalized spacial score (nSPS) is 17.2. The molecule has 2 aromatic rings. The van der Waals surface area contributed by atoms with Crippen molar-refractivity contribution in [2.24, 2.45) is 0 Å². The summed E-state index contributed by atoms with van der Waals surface area (Å²) in [7, 11) is 0. The Labute approximate surface area is 87.5 Å². The third-order valence-electron chi connectivity index (χ3n) is 3.00. The fraction of sp³-hybridized carbons (Fsp3) is 0.364. The van der Waals surface area contributed by atoms with Crippen LogP contribution in [0.25, 0.3) is 5.52 Å². The van der Waals surface area contributed by atoms with E-state index >= 15 is 0 Å². The molecule has 2 nitrogen and oxygen atoms in total. The molecule has 14 heavy (non-hydrogen) atoms. The van der Waals surface area contributed by atoms with Crippen molar-refractivity contribution in [2.75, 3.05) is 0 Å². The zero-order chi connectivity index (χ0) is 9.54. The minimum absolute atomic E-state index is 0.623. The lowest BCUT2D eigenvalue weighted by atomic mass is 9.85. The molecular weight excluding hydrogens is 196 g/mol. The Bertz CT molecular complexity index is 471. The van der Waals surface area contributed by atoms with E-state index in [0.717, 1.165) is 11.3 Å². The van der Waals surface area contributed by atoms with Crippen LogP contribution in [0.1, 0.15) is 31.0 Å². The Morgan fingerprint density at radius 1 is 1.36 bits per heavy atom. The van der Waals surface area contributed by atoms with Crippen molar-refractivity contribution in [1.82, 2.24) is 9.38 Å². The molecule has 0 N–H and O–H groups in total. The van der Waals surface area contributed by atoms with Crippen molar-refractivity contribution in [3.05, 3.63) is 35.4 Å². The second-order valence-corrected chi connectivity index (χ2v) is 4.20. The number of fused-ring (bicyclic) bond motifs is 1. The van der Waals surface area contributed by atoms with Gasteiger partial charge in [0.05, 0.1) is 5.52 Å². The highest BCUT2D eigenvalue weighted by atomic mass is 35.5. The molecule has 3 heteroatoms. The van der Waals surface area contributed by atoms with Crippen LogP contribution in [0, 0.1) is 0 Å². The summed E-state index contributed by atoms with van der Waals surface area (Å²) in [6.07, 6.45) is 5.88. The Kier molecular flexibility index (Phi) is 1.77. The second-order valence-electron chi connectivity index (χ2n) is 3.84. The number of hydrogen-bond acceptors (Lipinski definition) is 1. The number of nitrogens with zero attached hydrogens (tertiary/aromatic N) is 2. The Balaban J connectivity index is 2.23. The van der Waals surface area contributed by atoms with E-state index in [1.54, 1.807) is 0 Å². The van der Waals surface area contributed by atoms with Gasteiger partial charge in [-0.15, -0.1) is 0 Å². The first-order valence-electron chi connectivity index (χ1n) is 4.99. The van der Waals surface area contributed by atoms with E-state index in [1.807, 2.05) is 24.4 Å². The van der Waals surface area contributed by atoms with Crippen LogP contribution in [0.3, 0.4) is 0 Å². The van der Waals surface area contributed by atoms with Crippen LogP contribution in [0.5, 0.6) is 0 Å². The van der Waals surface area contributed by atoms with Crippen LogP contribution in [0.4, 0.5) is 0 Å². The molecule has 0 aliphatic heterocycles. The zero-order valence-electron chi connectivity index (χ0n) is 7.78. The topological polar surface area (TPSA) is 17.3 Å². The lowest BCUT2D eigenvalue weighted by Crippen LogP contribution is -2.12. The molecule has 0 bridgehead atoms. The maximum absolute atomic E-state index is 6.07. The summed E-state index contributed by atoms with van der Waals surface area (Å²) in [5.74, 6) is 1.76. The fourth-order valence-corrected chi connectivity index (χ4v) is 2.22. The molecule has 2 aromatic heterocycles. The zero-order valence-corrected chi connectivity index (χ0v) is 8.54. The van der Waals surface area contributed by atoms with E-state index in [2.05, 4.69) is 9.38 Å². The van der Waals surface area contributed by atoms with Gasteiger partial charge in [-0.25, -0.2) is 4.98 Å². The SMILES string of the molecule is Clc1nc(C2CCC2)n2ccccc12. The molecule has 0 radical (unpaired) electrons. The number of imidazole rings is 1. The molecule has 1 aliphatic rings. The van der Waals surface area contributed by atoms with E-state index in [9.17, 15) is 0 Å². The molecule has 1 saturated carbocycles. The molecule has 0 amide bonds. The highest BCUT2D eigenvalue weighted by molar-refractivity contribution is 6.32. The summed E-state index contributed by atoms with van der Waals surface area (Å²) in [6, 6.07) is 6.03. The van der Waals surface area contributed by atoms with Gasteiger partial charge in [0.25, 0.3) is 0 Å². The van der Waals surface area contributed by atoms with Gasteiger partial charge >= 0.3 is 0 Å². The number of pyridine rings is 1. The summed E-state index contributed by atoms with van der Waals surface area (Å²) < 4.78 is 2.12. The van der Waals surface area contributed by atoms with Gasteiger partial charge in [0.1, 0.15) is 5.82 Å². The lowest BCUT2D eigenvalue weighted by Gasteiger charge is -2.23. The highest BCUT2D eigenvalue weighted by Gasteiger charge is 2.24. The molecular formula is C11H11ClN2. The van der Waals surface area contributed by atoms with Crippen LogP contribution < -0.4 is 0 Å². The molecule has 0 aromatic carbocycles. The van der Waals surface area contributed by atoms with Crippen molar-refractivity contribution in [1.29, 1.82) is 0 Å². The number of halogens is 1. The van der Waals surface area contributed by atoms with E-state index in [1.165, 1.54) is 19.3 Å². The van der Waals surface area contributed by atoms with E-state index < -0.39 is 0 Å². The third-order valence-corrected chi connectivity index (χ3v) is 3.28. The number of hydrogen-bond donors (Lipinski definition) is 0. The Morgan fingerprint density at radius 3 is 2.93 bits per heavy atom. The summed E-state index contributed by atoms with van der Waals surface area (Å²) in [5.41, 5.74) is 1.02. The predicted molar refractivity (Wildman–Crippen MR) is 56.8 cm³/mol. The smallest absolute Gasteiger partial charge is 0.155 e. The van der Waals surface area contributed by atoms with Crippen molar-refractivity contribution in [2.45, 2.75) is 25.2 Å². The first kappa shape index (κ1) is 8.30. The maximum atomic E-state index is 6.07. The fourth-order valence-electron chi connectivity index (χ4n) is 1.98. The largest absolute Gasteiger partial charge is 0.302 e. The Hall–Kier alpha value is -1.02. The molecule has 0 saturated heterocycles. The summed E-state index contributed by atoms with van der Waals surface area (Å²) in [4.78, 5) is 4.44. The van der Waals surface area contributed by atoms with Crippen molar-refractivity contribution >= 4 is 17.1 Å². The first-order chi connectivity index (χ1) is 6.86. The maximum Gasteiger partial charge on any atom is 0.155 e. The monoisotopic (exact) mass is 206 g/mol. The van der Waals surface area contributed by atoms with Crippen LogP contribution in [0.15, 0.2) is 24.4 Å². The van der Waals surface area contributed by atoms with Gasteiger partial charge in [-0.2, -0.15) is 0 Å². The first-order valence-corrected chi connectivity index (χ1v) is 5.36. The van der Waals surface area contributed by atoms with Gasteiger partial charge < -0.3 is 4.40 Å². The molecule has 3 rings (SSSR count). The lowest BCUT2D eigenvalue weighted by molar-refractivity contribution is 0.400. The quantitative estimate of drug-likeness (QED) is 0.700. The molecule has 1 fully saturated rings. The molecule has 1 aliphatic carbocycles. The van der Waals surface area contributed by atoms with Gasteiger partial charge in [0.15, 0.2) is 5.15 Å². The van der Waals surface area contributed by atoms with Gasteiger partial charge in [0.2, 0.25) is 0 Å². The van der Waals surface area contributed by atoms with E-state index in [-0.39, 0.29) is 0 Å². The van der Waals surface area contributed by atoms with Crippen LogP contribution in [-0.4, -0.2) is 9.38 Å². The second kappa shape index (κ2) is 2.99. The minimum atomic E-state index is 0.623. The van der Waals surface area contributed by atoms with Crippen LogP contribution >= 0.6 is 11.6 Å². The van der Waals surface area contributed by atoms with Crippen LogP contribution in [0.2, 0.25) is 5.15 Å². The van der Waals surface area contributed by atoms with Crippen molar-refractivity contribution in [3.8, 4) is 0 Å². The average molecular weight is 207 g/mol. The van der Waals surface area contributed by atoms with Crippen molar-refractivity contribution in [3.63, 3.8) is 0 Å². The van der Waals surface area contributed by atoms with Crippen LogP contribution in [-0.2, 0) is 0 Å². The predicted octanol–water partition coefficient (Wildman–Crippen LogP) is 3.26. The molecule has 2 heterocycles. The van der Waals surface area contributed by atoms with Gasteiger partial charge in [-0.05, 0) is 25.0 Å². The summed E-state index contributed by atoms with van der Waals surface area (Å²) >= 11 is 6.07. The van der Waals surface area contributed by atoms with Gasteiger partial charge in [-0.1, -0.05) is 24.1 Å². The van der Waals surface area contributed by atoms with Gasteiger partial charge in [0, 0.05) is 12.1 Å². The summed E-state index contributed by atoms with van der Waals surface area (Å²) in [5, 5.41) is 0.632. The molecule has 0 spiro atoms. The number of rotatable bonds is 1. The Morgan fingerprint density at radius 2 is 2.21 bits per heavy atom. The van der Waals surface area contributed by atoms with E-state index in [0.29, 0.717) is 11.1 Å². The third kappa shape index (κ3) is 1.07. The molecule has 0 unspecified atom stereocenters. The average Bonchev–Trinajstić information content (AvgIpc) is 2.43. The number of aromatic nitrogens is 2. The highest BCUT2D eigenvalue weighted by Crippen LogP contribution is 2.37. The molecule has 72 valence electrons. The minimum Gasteiger partial charge on any atom is -0.302 e. The molecule has 0 atom stereocenters.